The molecule has 1 aromatic heterocycles. The SMILES string of the molecule is CC1CCN(S(=O)(=O)Nc2cc(C#CCN)ccn2)CC1. The number of piperidine rings is 1. The van der Waals surface area contributed by atoms with Crippen LogP contribution < -0.4 is 10.5 Å². The van der Waals surface area contributed by atoms with Crippen molar-refractivity contribution in [3.63, 3.8) is 0 Å². The zero-order valence-corrected chi connectivity index (χ0v) is 12.9. The van der Waals surface area contributed by atoms with E-state index in [4.69, 9.17) is 5.73 Å². The molecule has 0 aliphatic carbocycles. The molecule has 1 saturated heterocycles. The van der Waals surface area contributed by atoms with Crippen molar-refractivity contribution in [2.75, 3.05) is 24.4 Å². The van der Waals surface area contributed by atoms with Crippen molar-refractivity contribution < 1.29 is 8.42 Å². The Hall–Kier alpha value is -1.62. The summed E-state index contributed by atoms with van der Waals surface area (Å²) in [6.07, 6.45) is 3.30. The van der Waals surface area contributed by atoms with Gasteiger partial charge in [-0.15, -0.1) is 0 Å². The lowest BCUT2D eigenvalue weighted by molar-refractivity contribution is 0.289. The normalized spacial score (nSPS) is 17.0. The minimum absolute atomic E-state index is 0.259. The van der Waals surface area contributed by atoms with Crippen molar-refractivity contribution in [2.45, 2.75) is 19.8 Å². The van der Waals surface area contributed by atoms with E-state index in [1.807, 2.05) is 0 Å². The quantitative estimate of drug-likeness (QED) is 0.808. The maximum absolute atomic E-state index is 12.3. The minimum Gasteiger partial charge on any atom is -0.320 e. The standard InChI is InChI=1S/C14H20N4O2S/c1-12-5-9-18(10-6-12)21(19,20)17-14-11-13(3-2-7-15)4-8-16-14/h4,8,11-12H,5-7,9-10,15H2,1H3,(H,16,17). The van der Waals surface area contributed by atoms with Gasteiger partial charge in [-0.1, -0.05) is 18.8 Å². The van der Waals surface area contributed by atoms with Gasteiger partial charge in [0.2, 0.25) is 0 Å². The zero-order valence-electron chi connectivity index (χ0n) is 12.0. The lowest BCUT2D eigenvalue weighted by Gasteiger charge is -2.29. The lowest BCUT2D eigenvalue weighted by atomic mass is 10.0. The fourth-order valence-electron chi connectivity index (χ4n) is 2.14. The van der Waals surface area contributed by atoms with Crippen LogP contribution in [0, 0.1) is 17.8 Å². The number of pyridine rings is 1. The van der Waals surface area contributed by atoms with E-state index in [1.165, 1.54) is 10.5 Å². The van der Waals surface area contributed by atoms with Gasteiger partial charge in [0.25, 0.3) is 0 Å². The van der Waals surface area contributed by atoms with Gasteiger partial charge < -0.3 is 5.73 Å². The van der Waals surface area contributed by atoms with Crippen molar-refractivity contribution in [3.8, 4) is 11.8 Å². The third-order valence-corrected chi connectivity index (χ3v) is 4.92. The van der Waals surface area contributed by atoms with E-state index in [0.717, 1.165) is 12.8 Å². The number of hydrogen-bond acceptors (Lipinski definition) is 4. The van der Waals surface area contributed by atoms with Crippen LogP contribution in [0.2, 0.25) is 0 Å². The molecule has 3 N–H and O–H groups in total. The molecule has 21 heavy (non-hydrogen) atoms. The predicted molar refractivity (Wildman–Crippen MR) is 82.7 cm³/mol. The highest BCUT2D eigenvalue weighted by Gasteiger charge is 2.26. The molecule has 1 aromatic rings. The molecule has 1 aliphatic heterocycles. The number of nitrogens with two attached hydrogens (primary N) is 1. The van der Waals surface area contributed by atoms with E-state index >= 15 is 0 Å². The third kappa shape index (κ3) is 4.43. The number of rotatable bonds is 3. The first kappa shape index (κ1) is 15.8. The van der Waals surface area contributed by atoms with Crippen LogP contribution in [0.4, 0.5) is 5.82 Å². The van der Waals surface area contributed by atoms with Crippen LogP contribution in [-0.4, -0.2) is 37.3 Å². The maximum Gasteiger partial charge on any atom is 0.302 e. The molecule has 114 valence electrons. The van der Waals surface area contributed by atoms with Gasteiger partial charge in [-0.3, -0.25) is 4.72 Å². The molecule has 0 spiro atoms. The van der Waals surface area contributed by atoms with E-state index in [0.29, 0.717) is 24.6 Å². The highest BCUT2D eigenvalue weighted by molar-refractivity contribution is 7.90. The summed E-state index contributed by atoms with van der Waals surface area (Å²) in [5.74, 6) is 6.43. The second-order valence-electron chi connectivity index (χ2n) is 5.12. The summed E-state index contributed by atoms with van der Waals surface area (Å²) in [4.78, 5) is 4.03. The highest BCUT2D eigenvalue weighted by atomic mass is 32.2. The van der Waals surface area contributed by atoms with Crippen molar-refractivity contribution in [1.82, 2.24) is 9.29 Å². The summed E-state index contributed by atoms with van der Waals surface area (Å²) < 4.78 is 28.6. The molecule has 1 fully saturated rings. The van der Waals surface area contributed by atoms with Crippen molar-refractivity contribution in [1.29, 1.82) is 0 Å². The summed E-state index contributed by atoms with van der Waals surface area (Å²) in [5.41, 5.74) is 6.00. The molecular weight excluding hydrogens is 288 g/mol. The van der Waals surface area contributed by atoms with Gasteiger partial charge in [-0.25, -0.2) is 4.98 Å². The maximum atomic E-state index is 12.3. The van der Waals surface area contributed by atoms with E-state index in [2.05, 4.69) is 28.5 Å². The van der Waals surface area contributed by atoms with Crippen LogP contribution in [0.5, 0.6) is 0 Å². The average molecular weight is 308 g/mol. The van der Waals surface area contributed by atoms with E-state index < -0.39 is 10.2 Å². The Bertz CT molecular complexity index is 640. The number of nitrogens with one attached hydrogen (secondary N) is 1. The van der Waals surface area contributed by atoms with E-state index in [9.17, 15) is 8.42 Å². The molecule has 7 heteroatoms. The van der Waals surface area contributed by atoms with Crippen molar-refractivity contribution in [3.05, 3.63) is 23.9 Å². The largest absolute Gasteiger partial charge is 0.320 e. The molecule has 0 atom stereocenters. The van der Waals surface area contributed by atoms with Gasteiger partial charge in [0.05, 0.1) is 6.54 Å². The Morgan fingerprint density at radius 1 is 1.48 bits per heavy atom. The number of nitrogens with zero attached hydrogens (tertiary/aromatic N) is 2. The first-order chi connectivity index (χ1) is 10.0. The fraction of sp³-hybridized carbons (Fsp3) is 0.500. The zero-order chi connectivity index (χ0) is 15.3. The smallest absolute Gasteiger partial charge is 0.302 e. The number of aromatic nitrogens is 1. The Labute approximate surface area is 125 Å². The molecule has 0 aromatic carbocycles. The average Bonchev–Trinajstić information content (AvgIpc) is 2.45. The fourth-order valence-corrected chi connectivity index (χ4v) is 3.34. The number of hydrogen-bond donors (Lipinski definition) is 2. The van der Waals surface area contributed by atoms with Crippen LogP contribution in [0.15, 0.2) is 18.3 Å². The molecule has 2 rings (SSSR count). The molecule has 0 unspecified atom stereocenters. The Morgan fingerprint density at radius 3 is 2.86 bits per heavy atom. The Balaban J connectivity index is 2.09. The monoisotopic (exact) mass is 308 g/mol. The van der Waals surface area contributed by atoms with Crippen molar-refractivity contribution >= 4 is 16.0 Å². The topological polar surface area (TPSA) is 88.3 Å². The second kappa shape index (κ2) is 6.89. The molecule has 2 heterocycles. The van der Waals surface area contributed by atoms with Gasteiger partial charge in [-0.05, 0) is 30.9 Å². The summed E-state index contributed by atoms with van der Waals surface area (Å²) >= 11 is 0. The first-order valence-corrected chi connectivity index (χ1v) is 8.38. The van der Waals surface area contributed by atoms with Gasteiger partial charge in [0, 0.05) is 24.8 Å². The summed E-state index contributed by atoms with van der Waals surface area (Å²) in [5, 5.41) is 0. The van der Waals surface area contributed by atoms with E-state index in [-0.39, 0.29) is 12.4 Å². The Morgan fingerprint density at radius 2 is 2.19 bits per heavy atom. The molecule has 6 nitrogen and oxygen atoms in total. The van der Waals surface area contributed by atoms with Crippen LogP contribution in [0.3, 0.4) is 0 Å². The summed E-state index contributed by atoms with van der Waals surface area (Å²) in [6, 6.07) is 3.32. The van der Waals surface area contributed by atoms with Crippen LogP contribution in [0.1, 0.15) is 25.3 Å². The number of anilines is 1. The summed E-state index contributed by atoms with van der Waals surface area (Å²) in [6.45, 7) is 3.49. The Kier molecular flexibility index (Phi) is 5.17. The van der Waals surface area contributed by atoms with E-state index in [1.54, 1.807) is 12.1 Å². The minimum atomic E-state index is -3.55. The molecule has 1 aliphatic rings. The van der Waals surface area contributed by atoms with Gasteiger partial charge >= 0.3 is 10.2 Å². The van der Waals surface area contributed by atoms with Crippen LogP contribution in [0.25, 0.3) is 0 Å². The molecule has 0 saturated carbocycles. The van der Waals surface area contributed by atoms with Crippen LogP contribution in [-0.2, 0) is 10.2 Å². The van der Waals surface area contributed by atoms with Gasteiger partial charge in [-0.2, -0.15) is 12.7 Å². The molecular formula is C14H20N4O2S. The molecule has 0 amide bonds. The molecule has 0 bridgehead atoms. The lowest BCUT2D eigenvalue weighted by Crippen LogP contribution is -2.41. The van der Waals surface area contributed by atoms with Gasteiger partial charge in [0.15, 0.2) is 0 Å². The predicted octanol–water partition coefficient (Wildman–Crippen LogP) is 0.780. The van der Waals surface area contributed by atoms with Gasteiger partial charge in [0.1, 0.15) is 5.82 Å². The highest BCUT2D eigenvalue weighted by Crippen LogP contribution is 2.19. The molecule has 0 radical (unpaired) electrons. The van der Waals surface area contributed by atoms with Crippen LogP contribution >= 0.6 is 0 Å². The third-order valence-electron chi connectivity index (χ3n) is 3.41. The first-order valence-electron chi connectivity index (χ1n) is 6.94. The van der Waals surface area contributed by atoms with Crippen molar-refractivity contribution in [2.24, 2.45) is 11.7 Å². The second-order valence-corrected chi connectivity index (χ2v) is 6.79. The summed E-state index contributed by atoms with van der Waals surface area (Å²) in [7, 11) is -3.55.